The Balaban J connectivity index is 1.94. The first-order valence-electron chi connectivity index (χ1n) is 7.07. The molecule has 0 heterocycles. The Hall–Kier alpha value is -0.0800. The third-order valence-electron chi connectivity index (χ3n) is 3.50. The maximum absolute atomic E-state index is 3.62. The predicted octanol–water partition coefficient (Wildman–Crippen LogP) is 2.74. The molecule has 0 spiro atoms. The quantitative estimate of drug-likeness (QED) is 0.672. The van der Waals surface area contributed by atoms with E-state index < -0.39 is 0 Å². The fourth-order valence-corrected chi connectivity index (χ4v) is 2.68. The van der Waals surface area contributed by atoms with Crippen LogP contribution in [0.1, 0.15) is 46.0 Å². The Morgan fingerprint density at radius 1 is 1.19 bits per heavy atom. The number of nitrogens with zero attached hydrogens (tertiary/aromatic N) is 1. The molecule has 0 aromatic carbocycles. The number of likely N-dealkylation sites (N-methyl/N-ethyl adjacent to an activating group) is 1. The summed E-state index contributed by atoms with van der Waals surface area (Å²) in [5.74, 6) is 1.74. The summed E-state index contributed by atoms with van der Waals surface area (Å²) in [6.45, 7) is 9.36. The second-order valence-electron chi connectivity index (χ2n) is 5.86. The average molecular weight is 226 g/mol. The van der Waals surface area contributed by atoms with Crippen LogP contribution in [0.2, 0.25) is 0 Å². The fraction of sp³-hybridized carbons (Fsp3) is 1.00. The summed E-state index contributed by atoms with van der Waals surface area (Å²) in [4.78, 5) is 2.43. The minimum Gasteiger partial charge on any atom is -0.315 e. The van der Waals surface area contributed by atoms with Gasteiger partial charge in [-0.2, -0.15) is 0 Å². The van der Waals surface area contributed by atoms with Crippen LogP contribution < -0.4 is 5.32 Å². The van der Waals surface area contributed by atoms with Gasteiger partial charge in [-0.15, -0.1) is 0 Å². The lowest BCUT2D eigenvalue weighted by Crippen LogP contribution is -2.34. The maximum Gasteiger partial charge on any atom is 0.0104 e. The van der Waals surface area contributed by atoms with Crippen molar-refractivity contribution in [1.29, 1.82) is 0 Å². The van der Waals surface area contributed by atoms with Gasteiger partial charge in [-0.25, -0.2) is 0 Å². The van der Waals surface area contributed by atoms with Crippen molar-refractivity contribution in [2.75, 3.05) is 33.2 Å². The summed E-state index contributed by atoms with van der Waals surface area (Å²) in [5.41, 5.74) is 0. The van der Waals surface area contributed by atoms with Crippen molar-refractivity contribution >= 4 is 0 Å². The molecule has 1 rings (SSSR count). The topological polar surface area (TPSA) is 15.3 Å². The molecule has 0 radical (unpaired) electrons. The van der Waals surface area contributed by atoms with E-state index in [0.29, 0.717) is 0 Å². The predicted molar refractivity (Wildman–Crippen MR) is 71.8 cm³/mol. The van der Waals surface area contributed by atoms with Gasteiger partial charge >= 0.3 is 0 Å². The summed E-state index contributed by atoms with van der Waals surface area (Å²) in [7, 11) is 2.22. The van der Waals surface area contributed by atoms with Crippen LogP contribution in [0.3, 0.4) is 0 Å². The summed E-state index contributed by atoms with van der Waals surface area (Å²) in [6, 6.07) is 0. The molecule has 1 aliphatic rings. The van der Waals surface area contributed by atoms with E-state index in [-0.39, 0.29) is 0 Å². The minimum absolute atomic E-state index is 0.781. The molecule has 0 aromatic heterocycles. The van der Waals surface area contributed by atoms with Crippen LogP contribution in [0.5, 0.6) is 0 Å². The molecule has 2 nitrogen and oxygen atoms in total. The van der Waals surface area contributed by atoms with Crippen LogP contribution in [0, 0.1) is 11.8 Å². The van der Waals surface area contributed by atoms with Crippen LogP contribution in [0.15, 0.2) is 0 Å². The Morgan fingerprint density at radius 2 is 1.88 bits per heavy atom. The smallest absolute Gasteiger partial charge is 0.0104 e. The van der Waals surface area contributed by atoms with Crippen molar-refractivity contribution in [2.45, 2.75) is 46.0 Å². The fourth-order valence-electron chi connectivity index (χ4n) is 2.68. The SMILES string of the molecule is CC(C)CN(C)CCNCC1CCCCC1. The molecular formula is C14H30N2. The third-order valence-corrected chi connectivity index (χ3v) is 3.50. The van der Waals surface area contributed by atoms with Crippen LogP contribution in [0.4, 0.5) is 0 Å². The zero-order chi connectivity index (χ0) is 11.8. The van der Waals surface area contributed by atoms with E-state index in [0.717, 1.165) is 18.4 Å². The molecule has 0 aliphatic heterocycles. The van der Waals surface area contributed by atoms with E-state index in [2.05, 4.69) is 31.1 Å². The van der Waals surface area contributed by atoms with Gasteiger partial charge in [-0.3, -0.25) is 0 Å². The van der Waals surface area contributed by atoms with Crippen LogP contribution in [-0.2, 0) is 0 Å². The lowest BCUT2D eigenvalue weighted by atomic mass is 9.89. The van der Waals surface area contributed by atoms with E-state index in [1.165, 1.54) is 51.7 Å². The highest BCUT2D eigenvalue weighted by atomic mass is 15.1. The highest BCUT2D eigenvalue weighted by molar-refractivity contribution is 4.68. The summed E-state index contributed by atoms with van der Waals surface area (Å²) in [5, 5.41) is 3.62. The van der Waals surface area contributed by atoms with Gasteiger partial charge in [-0.05, 0) is 38.3 Å². The van der Waals surface area contributed by atoms with Crippen LogP contribution in [-0.4, -0.2) is 38.1 Å². The molecule has 1 fully saturated rings. The number of nitrogens with one attached hydrogen (secondary N) is 1. The normalized spacial score (nSPS) is 18.6. The van der Waals surface area contributed by atoms with Crippen molar-refractivity contribution in [1.82, 2.24) is 10.2 Å². The molecule has 0 atom stereocenters. The second kappa shape index (κ2) is 8.08. The summed E-state index contributed by atoms with van der Waals surface area (Å²) in [6.07, 6.45) is 7.29. The number of hydrogen-bond acceptors (Lipinski definition) is 2. The number of hydrogen-bond donors (Lipinski definition) is 1. The van der Waals surface area contributed by atoms with Crippen molar-refractivity contribution in [3.05, 3.63) is 0 Å². The van der Waals surface area contributed by atoms with Crippen molar-refractivity contribution < 1.29 is 0 Å². The van der Waals surface area contributed by atoms with Gasteiger partial charge in [0.25, 0.3) is 0 Å². The lowest BCUT2D eigenvalue weighted by molar-refractivity contribution is 0.284. The monoisotopic (exact) mass is 226 g/mol. The number of rotatable bonds is 7. The maximum atomic E-state index is 3.62. The molecule has 0 saturated heterocycles. The molecule has 0 bridgehead atoms. The Kier molecular flexibility index (Phi) is 7.06. The largest absolute Gasteiger partial charge is 0.315 e. The van der Waals surface area contributed by atoms with Gasteiger partial charge in [0, 0.05) is 19.6 Å². The Labute approximate surface area is 102 Å². The van der Waals surface area contributed by atoms with Crippen LogP contribution >= 0.6 is 0 Å². The molecule has 1 saturated carbocycles. The van der Waals surface area contributed by atoms with Gasteiger partial charge in [0.15, 0.2) is 0 Å². The highest BCUT2D eigenvalue weighted by Gasteiger charge is 2.12. The van der Waals surface area contributed by atoms with E-state index in [4.69, 9.17) is 0 Å². The van der Waals surface area contributed by atoms with Crippen molar-refractivity contribution in [3.63, 3.8) is 0 Å². The lowest BCUT2D eigenvalue weighted by Gasteiger charge is -2.23. The van der Waals surface area contributed by atoms with Crippen LogP contribution in [0.25, 0.3) is 0 Å². The van der Waals surface area contributed by atoms with E-state index in [1.54, 1.807) is 0 Å². The molecule has 0 unspecified atom stereocenters. The highest BCUT2D eigenvalue weighted by Crippen LogP contribution is 2.22. The van der Waals surface area contributed by atoms with Gasteiger partial charge in [0.05, 0.1) is 0 Å². The molecule has 2 heteroatoms. The second-order valence-corrected chi connectivity index (χ2v) is 5.86. The molecule has 0 aromatic rings. The van der Waals surface area contributed by atoms with E-state index in [9.17, 15) is 0 Å². The zero-order valence-electron chi connectivity index (χ0n) is 11.5. The Morgan fingerprint density at radius 3 is 2.50 bits per heavy atom. The first-order chi connectivity index (χ1) is 7.68. The molecular weight excluding hydrogens is 196 g/mol. The molecule has 16 heavy (non-hydrogen) atoms. The minimum atomic E-state index is 0.781. The van der Waals surface area contributed by atoms with Gasteiger partial charge in [0.1, 0.15) is 0 Å². The Bertz CT molecular complexity index is 162. The van der Waals surface area contributed by atoms with Crippen molar-refractivity contribution in [3.8, 4) is 0 Å². The van der Waals surface area contributed by atoms with Crippen molar-refractivity contribution in [2.24, 2.45) is 11.8 Å². The van der Waals surface area contributed by atoms with Gasteiger partial charge in [0.2, 0.25) is 0 Å². The third kappa shape index (κ3) is 6.49. The zero-order valence-corrected chi connectivity index (χ0v) is 11.5. The van der Waals surface area contributed by atoms with E-state index in [1.807, 2.05) is 0 Å². The van der Waals surface area contributed by atoms with Gasteiger partial charge in [-0.1, -0.05) is 33.1 Å². The average Bonchev–Trinajstić information content (AvgIpc) is 2.25. The standard InChI is InChI=1S/C14H30N2/c1-13(2)12-16(3)10-9-15-11-14-7-5-4-6-8-14/h13-15H,4-12H2,1-3H3. The van der Waals surface area contributed by atoms with Gasteiger partial charge < -0.3 is 10.2 Å². The molecule has 1 aliphatic carbocycles. The molecule has 1 N–H and O–H groups in total. The molecule has 0 amide bonds. The van der Waals surface area contributed by atoms with E-state index >= 15 is 0 Å². The molecule has 96 valence electrons. The first kappa shape index (κ1) is 14.0. The summed E-state index contributed by atoms with van der Waals surface area (Å²) >= 11 is 0. The summed E-state index contributed by atoms with van der Waals surface area (Å²) < 4.78 is 0. The first-order valence-corrected chi connectivity index (χ1v) is 7.07.